The fraction of sp³-hybridized carbons (Fsp3) is 0.556. The van der Waals surface area contributed by atoms with E-state index >= 15 is 0 Å². The first-order valence-corrected chi connectivity index (χ1v) is 8.27. The molecule has 1 fully saturated rings. The Hall–Kier alpha value is -1.56. The van der Waals surface area contributed by atoms with Gasteiger partial charge in [0.15, 0.2) is 11.3 Å². The minimum Gasteiger partial charge on any atom is -0.493 e. The van der Waals surface area contributed by atoms with Crippen LogP contribution in [-0.2, 0) is 6.42 Å². The molecule has 0 saturated carbocycles. The van der Waals surface area contributed by atoms with Crippen molar-refractivity contribution in [2.24, 2.45) is 0 Å². The van der Waals surface area contributed by atoms with Crippen LogP contribution in [0.15, 0.2) is 28.9 Å². The largest absolute Gasteiger partial charge is 0.493 e. The first-order chi connectivity index (χ1) is 11.1. The number of para-hydroxylation sites is 1. The molecule has 0 aliphatic carbocycles. The molecule has 0 radical (unpaired) electrons. The molecule has 5 heteroatoms. The fourth-order valence-corrected chi connectivity index (χ4v) is 3.42. The smallest absolute Gasteiger partial charge is 0.175 e. The highest BCUT2D eigenvalue weighted by Crippen LogP contribution is 2.30. The standard InChI is InChI=1S/C18H26N2O3/c1-19-13-18(21)7-10-20(11-8-18)9-6-14-12-23-17-15(14)4-3-5-16(17)22-2/h3-5,12,19,21H,6-11,13H2,1-2H3. The van der Waals surface area contributed by atoms with E-state index in [-0.39, 0.29) is 0 Å². The number of methoxy groups -OCH3 is 1. The lowest BCUT2D eigenvalue weighted by atomic mass is 9.91. The number of aliphatic hydroxyl groups is 1. The van der Waals surface area contributed by atoms with Crippen LogP contribution in [0.5, 0.6) is 5.75 Å². The molecule has 1 aliphatic heterocycles. The molecule has 126 valence electrons. The molecule has 1 aliphatic rings. The molecule has 1 aromatic heterocycles. The van der Waals surface area contributed by atoms with Crippen LogP contribution in [0.25, 0.3) is 11.0 Å². The number of hydrogen-bond donors (Lipinski definition) is 2. The zero-order valence-corrected chi connectivity index (χ0v) is 14.0. The third-order valence-electron chi connectivity index (χ3n) is 4.85. The van der Waals surface area contributed by atoms with Crippen LogP contribution in [0.2, 0.25) is 0 Å². The maximum absolute atomic E-state index is 10.4. The molecule has 0 atom stereocenters. The van der Waals surface area contributed by atoms with Crippen molar-refractivity contribution in [3.8, 4) is 5.75 Å². The first kappa shape index (κ1) is 16.3. The second-order valence-corrected chi connectivity index (χ2v) is 6.44. The number of likely N-dealkylation sites (N-methyl/N-ethyl adjacent to an activating group) is 1. The Kier molecular flexibility index (Phi) is 4.90. The Morgan fingerprint density at radius 1 is 1.35 bits per heavy atom. The summed E-state index contributed by atoms with van der Waals surface area (Å²) in [5.41, 5.74) is 1.50. The zero-order chi connectivity index (χ0) is 16.3. The maximum Gasteiger partial charge on any atom is 0.175 e. The van der Waals surface area contributed by atoms with Gasteiger partial charge in [0, 0.05) is 31.6 Å². The summed E-state index contributed by atoms with van der Waals surface area (Å²) in [6, 6.07) is 6.00. The summed E-state index contributed by atoms with van der Waals surface area (Å²) >= 11 is 0. The van der Waals surface area contributed by atoms with E-state index < -0.39 is 5.60 Å². The van der Waals surface area contributed by atoms with Gasteiger partial charge in [-0.2, -0.15) is 0 Å². The Morgan fingerprint density at radius 2 is 2.13 bits per heavy atom. The number of piperidine rings is 1. The quantitative estimate of drug-likeness (QED) is 0.853. The lowest BCUT2D eigenvalue weighted by Crippen LogP contribution is -2.49. The van der Waals surface area contributed by atoms with Crippen molar-refractivity contribution >= 4 is 11.0 Å². The van der Waals surface area contributed by atoms with Crippen LogP contribution in [-0.4, -0.2) is 55.9 Å². The van der Waals surface area contributed by atoms with Crippen molar-refractivity contribution < 1.29 is 14.3 Å². The molecule has 5 nitrogen and oxygen atoms in total. The summed E-state index contributed by atoms with van der Waals surface area (Å²) in [5.74, 6) is 0.781. The average Bonchev–Trinajstić information content (AvgIpc) is 2.98. The Balaban J connectivity index is 1.60. The predicted octanol–water partition coefficient (Wildman–Crippen LogP) is 2.03. The van der Waals surface area contributed by atoms with E-state index in [2.05, 4.69) is 16.3 Å². The van der Waals surface area contributed by atoms with Gasteiger partial charge in [0.25, 0.3) is 0 Å². The zero-order valence-electron chi connectivity index (χ0n) is 14.0. The number of furan rings is 1. The van der Waals surface area contributed by atoms with Crippen molar-refractivity contribution in [3.05, 3.63) is 30.0 Å². The summed E-state index contributed by atoms with van der Waals surface area (Å²) in [5, 5.41) is 14.6. The molecule has 2 N–H and O–H groups in total. The molecule has 0 bridgehead atoms. The molecule has 2 aromatic rings. The summed E-state index contributed by atoms with van der Waals surface area (Å²) in [6.45, 7) is 3.54. The fourth-order valence-electron chi connectivity index (χ4n) is 3.42. The molecule has 23 heavy (non-hydrogen) atoms. The number of nitrogens with zero attached hydrogens (tertiary/aromatic N) is 1. The molecule has 2 heterocycles. The Morgan fingerprint density at radius 3 is 2.83 bits per heavy atom. The minimum absolute atomic E-state index is 0.541. The number of fused-ring (bicyclic) bond motifs is 1. The van der Waals surface area contributed by atoms with Gasteiger partial charge in [-0.05, 0) is 37.9 Å². The SMILES string of the molecule is CNCC1(O)CCN(CCc2coc3c(OC)cccc23)CC1. The summed E-state index contributed by atoms with van der Waals surface area (Å²) in [4.78, 5) is 2.42. The Labute approximate surface area is 137 Å². The van der Waals surface area contributed by atoms with Gasteiger partial charge in [0.1, 0.15) is 0 Å². The summed E-state index contributed by atoms with van der Waals surface area (Å²) < 4.78 is 11.0. The van der Waals surface area contributed by atoms with Gasteiger partial charge in [-0.1, -0.05) is 12.1 Å². The van der Waals surface area contributed by atoms with Crippen LogP contribution in [0, 0.1) is 0 Å². The summed E-state index contributed by atoms with van der Waals surface area (Å²) in [7, 11) is 3.56. The van der Waals surface area contributed by atoms with Crippen molar-refractivity contribution in [1.82, 2.24) is 10.2 Å². The second-order valence-electron chi connectivity index (χ2n) is 6.44. The average molecular weight is 318 g/mol. The number of hydrogen-bond acceptors (Lipinski definition) is 5. The highest BCUT2D eigenvalue weighted by Gasteiger charge is 2.31. The monoisotopic (exact) mass is 318 g/mol. The van der Waals surface area contributed by atoms with E-state index in [1.54, 1.807) is 7.11 Å². The third kappa shape index (κ3) is 3.52. The second kappa shape index (κ2) is 6.91. The molecule has 1 saturated heterocycles. The molecule has 0 amide bonds. The van der Waals surface area contributed by atoms with Crippen molar-refractivity contribution in [1.29, 1.82) is 0 Å². The molecule has 0 unspecified atom stereocenters. The lowest BCUT2D eigenvalue weighted by molar-refractivity contribution is -0.0182. The van der Waals surface area contributed by atoms with Crippen molar-refractivity contribution in [3.63, 3.8) is 0 Å². The van der Waals surface area contributed by atoms with Gasteiger partial charge in [0.2, 0.25) is 0 Å². The lowest BCUT2D eigenvalue weighted by Gasteiger charge is -2.38. The van der Waals surface area contributed by atoms with E-state index in [4.69, 9.17) is 9.15 Å². The molecular formula is C18H26N2O3. The summed E-state index contributed by atoms with van der Waals surface area (Å²) in [6.07, 6.45) is 4.45. The van der Waals surface area contributed by atoms with Gasteiger partial charge in [-0.25, -0.2) is 0 Å². The minimum atomic E-state index is -0.541. The van der Waals surface area contributed by atoms with Gasteiger partial charge in [-0.15, -0.1) is 0 Å². The highest BCUT2D eigenvalue weighted by molar-refractivity contribution is 5.86. The van der Waals surface area contributed by atoms with Crippen LogP contribution in [0.3, 0.4) is 0 Å². The van der Waals surface area contributed by atoms with Crippen LogP contribution >= 0.6 is 0 Å². The van der Waals surface area contributed by atoms with Crippen molar-refractivity contribution in [2.45, 2.75) is 24.9 Å². The van der Waals surface area contributed by atoms with E-state index in [9.17, 15) is 5.11 Å². The third-order valence-corrected chi connectivity index (χ3v) is 4.85. The Bertz CT molecular complexity index is 645. The maximum atomic E-state index is 10.4. The topological polar surface area (TPSA) is 57.9 Å². The molecule has 1 aromatic carbocycles. The van der Waals surface area contributed by atoms with E-state index in [0.717, 1.165) is 55.6 Å². The molecule has 0 spiro atoms. The van der Waals surface area contributed by atoms with Crippen LogP contribution in [0.4, 0.5) is 0 Å². The number of rotatable bonds is 6. The van der Waals surface area contributed by atoms with Gasteiger partial charge in [0.05, 0.1) is 19.0 Å². The van der Waals surface area contributed by atoms with E-state index in [0.29, 0.717) is 6.54 Å². The van der Waals surface area contributed by atoms with Gasteiger partial charge >= 0.3 is 0 Å². The number of ether oxygens (including phenoxy) is 1. The van der Waals surface area contributed by atoms with Crippen LogP contribution < -0.4 is 10.1 Å². The number of benzene rings is 1. The van der Waals surface area contributed by atoms with E-state index in [1.165, 1.54) is 5.56 Å². The number of likely N-dealkylation sites (tertiary alicyclic amines) is 1. The normalized spacial score (nSPS) is 18.4. The van der Waals surface area contributed by atoms with E-state index in [1.807, 2.05) is 25.4 Å². The molecule has 3 rings (SSSR count). The highest BCUT2D eigenvalue weighted by atomic mass is 16.5. The van der Waals surface area contributed by atoms with Crippen LogP contribution in [0.1, 0.15) is 18.4 Å². The molecular weight excluding hydrogens is 292 g/mol. The number of nitrogens with one attached hydrogen (secondary N) is 1. The van der Waals surface area contributed by atoms with Gasteiger partial charge in [-0.3, -0.25) is 0 Å². The first-order valence-electron chi connectivity index (χ1n) is 8.27. The van der Waals surface area contributed by atoms with Gasteiger partial charge < -0.3 is 24.5 Å². The van der Waals surface area contributed by atoms with Crippen molar-refractivity contribution in [2.75, 3.05) is 40.3 Å². The predicted molar refractivity (Wildman–Crippen MR) is 91.0 cm³/mol.